The first-order valence-electron chi connectivity index (χ1n) is 4.97. The van der Waals surface area contributed by atoms with Crippen molar-refractivity contribution in [3.63, 3.8) is 0 Å². The van der Waals surface area contributed by atoms with Gasteiger partial charge in [-0.3, -0.25) is 0 Å². The summed E-state index contributed by atoms with van der Waals surface area (Å²) in [6.45, 7) is 0.564. The molecule has 0 amide bonds. The maximum Gasteiger partial charge on any atom is 0.232 e. The van der Waals surface area contributed by atoms with Crippen molar-refractivity contribution in [3.8, 4) is 5.88 Å². The van der Waals surface area contributed by atoms with Gasteiger partial charge in [-0.2, -0.15) is 4.98 Å². The molecule has 2 heterocycles. The molecule has 90 valence electrons. The van der Waals surface area contributed by atoms with Crippen LogP contribution in [0.5, 0.6) is 5.88 Å². The quantitative estimate of drug-likeness (QED) is 0.928. The van der Waals surface area contributed by atoms with Crippen molar-refractivity contribution in [1.82, 2.24) is 19.5 Å². The van der Waals surface area contributed by atoms with Crippen LogP contribution in [0.25, 0.3) is 0 Å². The van der Waals surface area contributed by atoms with Crippen LogP contribution in [0.15, 0.2) is 23.1 Å². The molecule has 0 saturated heterocycles. The minimum atomic E-state index is 0.502. The van der Waals surface area contributed by atoms with Gasteiger partial charge in [0.1, 0.15) is 5.82 Å². The molecule has 0 saturated carbocycles. The molecule has 6 nitrogen and oxygen atoms in total. The predicted molar refractivity (Wildman–Crippen MR) is 66.8 cm³/mol. The minimum absolute atomic E-state index is 0.502. The Morgan fingerprint density at radius 1 is 1.47 bits per heavy atom. The molecule has 1 N–H and O–H groups in total. The fourth-order valence-electron chi connectivity index (χ4n) is 1.30. The van der Waals surface area contributed by atoms with Crippen molar-refractivity contribution >= 4 is 21.9 Å². The van der Waals surface area contributed by atoms with Gasteiger partial charge < -0.3 is 14.6 Å². The lowest BCUT2D eigenvalue weighted by molar-refractivity contribution is 0.394. The molecule has 0 bridgehead atoms. The summed E-state index contributed by atoms with van der Waals surface area (Å²) in [7, 11) is 3.50. The second-order valence-electron chi connectivity index (χ2n) is 3.36. The number of methoxy groups -OCH3 is 1. The maximum absolute atomic E-state index is 5.09. The fraction of sp³-hybridized carbons (Fsp3) is 0.300. The van der Waals surface area contributed by atoms with Crippen molar-refractivity contribution < 1.29 is 4.74 Å². The summed E-state index contributed by atoms with van der Waals surface area (Å²) in [5.74, 6) is 1.92. The van der Waals surface area contributed by atoms with Crippen LogP contribution in [0, 0.1) is 0 Å². The van der Waals surface area contributed by atoms with Gasteiger partial charge in [0.25, 0.3) is 0 Å². The number of hydrogen-bond acceptors (Lipinski definition) is 5. The predicted octanol–water partition coefficient (Wildman–Crippen LogP) is 1.59. The van der Waals surface area contributed by atoms with E-state index >= 15 is 0 Å². The first-order valence-corrected chi connectivity index (χ1v) is 5.76. The van der Waals surface area contributed by atoms with E-state index in [2.05, 4.69) is 36.2 Å². The number of hydrogen-bond donors (Lipinski definition) is 1. The summed E-state index contributed by atoms with van der Waals surface area (Å²) in [6.07, 6.45) is 5.28. The number of aryl methyl sites for hydroxylation is 1. The van der Waals surface area contributed by atoms with Gasteiger partial charge in [-0.05, 0) is 15.9 Å². The van der Waals surface area contributed by atoms with E-state index in [0.29, 0.717) is 18.4 Å². The van der Waals surface area contributed by atoms with Crippen molar-refractivity contribution in [2.45, 2.75) is 6.54 Å². The monoisotopic (exact) mass is 297 g/mol. The smallest absolute Gasteiger partial charge is 0.232 e. The Labute approximate surface area is 107 Å². The highest BCUT2D eigenvalue weighted by Crippen LogP contribution is 2.21. The Kier molecular flexibility index (Phi) is 3.58. The number of halogens is 1. The Bertz CT molecular complexity index is 513. The summed E-state index contributed by atoms with van der Waals surface area (Å²) >= 11 is 3.30. The highest BCUT2D eigenvalue weighted by atomic mass is 79.9. The first kappa shape index (κ1) is 11.8. The maximum atomic E-state index is 5.09. The molecule has 2 aromatic rings. The van der Waals surface area contributed by atoms with Crippen LogP contribution in [-0.2, 0) is 13.6 Å². The zero-order chi connectivity index (χ0) is 12.3. The Balaban J connectivity index is 2.07. The van der Waals surface area contributed by atoms with Gasteiger partial charge in [0, 0.05) is 19.4 Å². The summed E-state index contributed by atoms with van der Waals surface area (Å²) in [6, 6.07) is 0. The SMILES string of the molecule is COc1nc(NCc2nccn2C)ncc1Br. The van der Waals surface area contributed by atoms with Crippen molar-refractivity contribution in [2.75, 3.05) is 12.4 Å². The van der Waals surface area contributed by atoms with Crippen LogP contribution < -0.4 is 10.1 Å². The summed E-state index contributed by atoms with van der Waals surface area (Å²) in [5, 5.41) is 3.08. The van der Waals surface area contributed by atoms with E-state index in [1.807, 2.05) is 17.8 Å². The summed E-state index contributed by atoms with van der Waals surface area (Å²) < 4.78 is 7.75. The minimum Gasteiger partial charge on any atom is -0.480 e. The Hall–Kier alpha value is -1.63. The molecule has 7 heteroatoms. The lowest BCUT2D eigenvalue weighted by atomic mass is 10.5. The Morgan fingerprint density at radius 3 is 2.94 bits per heavy atom. The van der Waals surface area contributed by atoms with Crippen LogP contribution in [0.1, 0.15) is 5.82 Å². The summed E-state index contributed by atoms with van der Waals surface area (Å²) in [5.41, 5.74) is 0. The standard InChI is InChI=1S/C10H12BrN5O/c1-16-4-3-12-8(16)6-14-10-13-5-7(11)9(15-10)17-2/h3-5H,6H2,1-2H3,(H,13,14,15). The number of nitrogens with zero attached hydrogens (tertiary/aromatic N) is 4. The highest BCUT2D eigenvalue weighted by molar-refractivity contribution is 9.10. The van der Waals surface area contributed by atoms with Gasteiger partial charge in [-0.25, -0.2) is 9.97 Å². The summed E-state index contributed by atoms with van der Waals surface area (Å²) in [4.78, 5) is 12.5. The van der Waals surface area contributed by atoms with E-state index in [9.17, 15) is 0 Å². The number of rotatable bonds is 4. The molecule has 0 unspecified atom stereocenters. The lowest BCUT2D eigenvalue weighted by Gasteiger charge is -2.07. The van der Waals surface area contributed by atoms with Gasteiger partial charge in [-0.15, -0.1) is 0 Å². The van der Waals surface area contributed by atoms with E-state index in [4.69, 9.17) is 4.74 Å². The molecule has 0 aliphatic heterocycles. The van der Waals surface area contributed by atoms with Crippen molar-refractivity contribution in [2.24, 2.45) is 7.05 Å². The third-order valence-electron chi connectivity index (χ3n) is 2.23. The fourth-order valence-corrected chi connectivity index (χ4v) is 1.66. The van der Waals surface area contributed by atoms with Gasteiger partial charge in [0.15, 0.2) is 0 Å². The van der Waals surface area contributed by atoms with Gasteiger partial charge in [0.2, 0.25) is 11.8 Å². The number of imidazole rings is 1. The number of ether oxygens (including phenoxy) is 1. The van der Waals surface area contributed by atoms with Crippen molar-refractivity contribution in [3.05, 3.63) is 28.9 Å². The zero-order valence-electron chi connectivity index (χ0n) is 9.51. The van der Waals surface area contributed by atoms with Crippen LogP contribution >= 0.6 is 15.9 Å². The van der Waals surface area contributed by atoms with Crippen LogP contribution in [-0.4, -0.2) is 26.6 Å². The molecule has 0 aliphatic carbocycles. The van der Waals surface area contributed by atoms with Gasteiger partial charge >= 0.3 is 0 Å². The molecule has 2 aromatic heterocycles. The van der Waals surface area contributed by atoms with Gasteiger partial charge in [0.05, 0.1) is 24.3 Å². The second kappa shape index (κ2) is 5.13. The topological polar surface area (TPSA) is 64.9 Å². The average Bonchev–Trinajstić information content (AvgIpc) is 2.74. The molecular formula is C10H12BrN5O. The molecule has 0 aliphatic rings. The molecule has 17 heavy (non-hydrogen) atoms. The molecule has 0 aromatic carbocycles. The van der Waals surface area contributed by atoms with E-state index in [-0.39, 0.29) is 0 Å². The number of nitrogens with one attached hydrogen (secondary N) is 1. The van der Waals surface area contributed by atoms with E-state index < -0.39 is 0 Å². The third-order valence-corrected chi connectivity index (χ3v) is 2.77. The van der Waals surface area contributed by atoms with Crippen LogP contribution in [0.2, 0.25) is 0 Å². The van der Waals surface area contributed by atoms with Crippen molar-refractivity contribution in [1.29, 1.82) is 0 Å². The number of aromatic nitrogens is 4. The molecule has 0 spiro atoms. The second-order valence-corrected chi connectivity index (χ2v) is 4.21. The third kappa shape index (κ3) is 2.73. The van der Waals surface area contributed by atoms with Crippen LogP contribution in [0.4, 0.5) is 5.95 Å². The average molecular weight is 298 g/mol. The van der Waals surface area contributed by atoms with E-state index in [1.54, 1.807) is 19.5 Å². The molecule has 0 fully saturated rings. The molecule has 0 radical (unpaired) electrons. The molecule has 2 rings (SSSR count). The molecular weight excluding hydrogens is 286 g/mol. The zero-order valence-corrected chi connectivity index (χ0v) is 11.1. The number of anilines is 1. The van der Waals surface area contributed by atoms with E-state index in [0.717, 1.165) is 10.3 Å². The Morgan fingerprint density at radius 2 is 2.29 bits per heavy atom. The highest BCUT2D eigenvalue weighted by Gasteiger charge is 2.05. The largest absolute Gasteiger partial charge is 0.480 e. The van der Waals surface area contributed by atoms with E-state index in [1.165, 1.54) is 0 Å². The lowest BCUT2D eigenvalue weighted by Crippen LogP contribution is -2.08. The normalized spacial score (nSPS) is 10.3. The molecule has 0 atom stereocenters. The van der Waals surface area contributed by atoms with Crippen LogP contribution in [0.3, 0.4) is 0 Å². The first-order chi connectivity index (χ1) is 8.20. The van der Waals surface area contributed by atoms with Gasteiger partial charge in [-0.1, -0.05) is 0 Å².